The highest BCUT2D eigenvalue weighted by atomic mass is 14.7. The van der Waals surface area contributed by atoms with Crippen molar-refractivity contribution in [3.05, 3.63) is 47.2 Å². The lowest BCUT2D eigenvalue weighted by Gasteiger charge is -2.08. The number of hydrogen-bond acceptors (Lipinski definition) is 2. The Morgan fingerprint density at radius 1 is 1.00 bits per heavy atom. The van der Waals surface area contributed by atoms with E-state index < -0.39 is 0 Å². The first-order valence-corrected chi connectivity index (χ1v) is 5.37. The predicted octanol–water partition coefficient (Wildman–Crippen LogP) is 3.26. The Morgan fingerprint density at radius 3 is 2.12 bits per heavy atom. The maximum Gasteiger partial charge on any atom is 0.0703 e. The number of hydrogen-bond donors (Lipinski definition) is 1. The van der Waals surface area contributed by atoms with Gasteiger partial charge in [-0.15, -0.1) is 0 Å². The zero-order valence-electron chi connectivity index (χ0n) is 9.91. The van der Waals surface area contributed by atoms with Gasteiger partial charge in [0.1, 0.15) is 0 Å². The minimum Gasteiger partial charge on any atom is -0.397 e. The second-order valence-electron chi connectivity index (χ2n) is 4.21. The normalized spacial score (nSPS) is 10.4. The lowest BCUT2D eigenvalue weighted by atomic mass is 9.99. The maximum atomic E-state index is 5.63. The van der Waals surface area contributed by atoms with Crippen molar-refractivity contribution >= 4 is 5.69 Å². The third-order valence-corrected chi connectivity index (χ3v) is 3.01. The Hall–Kier alpha value is -1.83. The molecule has 16 heavy (non-hydrogen) atoms. The Bertz CT molecular complexity index is 490. The molecule has 1 heterocycles. The summed E-state index contributed by atoms with van der Waals surface area (Å²) >= 11 is 0. The quantitative estimate of drug-likeness (QED) is 0.788. The van der Waals surface area contributed by atoms with Crippen LogP contribution in [0.5, 0.6) is 0 Å². The first kappa shape index (κ1) is 10.7. The number of benzene rings is 1. The van der Waals surface area contributed by atoms with Gasteiger partial charge in [-0.05, 0) is 61.7 Å². The van der Waals surface area contributed by atoms with Gasteiger partial charge in [-0.2, -0.15) is 0 Å². The SMILES string of the molecule is Cc1cc(-c2ccc(N)cn2)cc(C)c1C. The molecule has 0 amide bonds. The summed E-state index contributed by atoms with van der Waals surface area (Å²) in [6.07, 6.45) is 1.69. The zero-order valence-corrected chi connectivity index (χ0v) is 9.91. The Kier molecular flexibility index (Phi) is 2.65. The van der Waals surface area contributed by atoms with Crippen molar-refractivity contribution in [1.29, 1.82) is 0 Å². The number of nitrogen functional groups attached to an aromatic ring is 1. The molecule has 2 heteroatoms. The number of anilines is 1. The number of aryl methyl sites for hydroxylation is 2. The molecule has 1 aromatic heterocycles. The fourth-order valence-electron chi connectivity index (χ4n) is 1.76. The fraction of sp³-hybridized carbons (Fsp3) is 0.214. The fourth-order valence-corrected chi connectivity index (χ4v) is 1.76. The molecule has 82 valence electrons. The minimum atomic E-state index is 0.698. The van der Waals surface area contributed by atoms with E-state index in [0.717, 1.165) is 11.3 Å². The first-order chi connectivity index (χ1) is 7.58. The molecule has 0 spiro atoms. The summed E-state index contributed by atoms with van der Waals surface area (Å²) in [6, 6.07) is 8.17. The summed E-state index contributed by atoms with van der Waals surface area (Å²) < 4.78 is 0. The van der Waals surface area contributed by atoms with E-state index in [9.17, 15) is 0 Å². The Labute approximate surface area is 96.1 Å². The lowest BCUT2D eigenvalue weighted by Crippen LogP contribution is -1.91. The summed E-state index contributed by atoms with van der Waals surface area (Å²) in [5.74, 6) is 0. The first-order valence-electron chi connectivity index (χ1n) is 5.37. The number of nitrogens with zero attached hydrogens (tertiary/aromatic N) is 1. The molecular weight excluding hydrogens is 196 g/mol. The molecule has 0 unspecified atom stereocenters. The summed E-state index contributed by atoms with van der Waals surface area (Å²) in [7, 11) is 0. The van der Waals surface area contributed by atoms with Gasteiger partial charge in [-0.25, -0.2) is 0 Å². The molecule has 1 aromatic carbocycles. The molecule has 2 N–H and O–H groups in total. The summed E-state index contributed by atoms with van der Waals surface area (Å²) in [5.41, 5.74) is 12.4. The average molecular weight is 212 g/mol. The molecule has 2 nitrogen and oxygen atoms in total. The summed E-state index contributed by atoms with van der Waals surface area (Å²) in [6.45, 7) is 6.40. The summed E-state index contributed by atoms with van der Waals surface area (Å²) in [5, 5.41) is 0. The number of pyridine rings is 1. The van der Waals surface area contributed by atoms with Crippen molar-refractivity contribution in [3.8, 4) is 11.3 Å². The molecule has 0 aliphatic heterocycles. The molecule has 0 aliphatic carbocycles. The van der Waals surface area contributed by atoms with Crippen LogP contribution in [0, 0.1) is 20.8 Å². The second-order valence-corrected chi connectivity index (χ2v) is 4.21. The van der Waals surface area contributed by atoms with E-state index in [4.69, 9.17) is 5.73 Å². The number of rotatable bonds is 1. The van der Waals surface area contributed by atoms with Crippen molar-refractivity contribution < 1.29 is 0 Å². The highest BCUT2D eigenvalue weighted by Crippen LogP contribution is 2.23. The van der Waals surface area contributed by atoms with Crippen molar-refractivity contribution in [2.45, 2.75) is 20.8 Å². The molecular formula is C14H16N2. The van der Waals surface area contributed by atoms with Gasteiger partial charge in [0.15, 0.2) is 0 Å². The number of nitrogens with two attached hydrogens (primary N) is 1. The van der Waals surface area contributed by atoms with Gasteiger partial charge >= 0.3 is 0 Å². The van der Waals surface area contributed by atoms with E-state index in [2.05, 4.69) is 37.9 Å². The van der Waals surface area contributed by atoms with Crippen LogP contribution in [-0.2, 0) is 0 Å². The standard InChI is InChI=1S/C14H16N2/c1-9-6-12(7-10(2)11(9)3)14-5-4-13(15)8-16-14/h4-8H,15H2,1-3H3. The molecule has 0 radical (unpaired) electrons. The summed E-state index contributed by atoms with van der Waals surface area (Å²) in [4.78, 5) is 4.34. The topological polar surface area (TPSA) is 38.9 Å². The Morgan fingerprint density at radius 2 is 1.62 bits per heavy atom. The maximum absolute atomic E-state index is 5.63. The van der Waals surface area contributed by atoms with Crippen molar-refractivity contribution in [2.24, 2.45) is 0 Å². The molecule has 2 aromatic rings. The van der Waals surface area contributed by atoms with Crippen molar-refractivity contribution in [1.82, 2.24) is 4.98 Å². The van der Waals surface area contributed by atoms with Crippen LogP contribution in [0.3, 0.4) is 0 Å². The molecule has 0 saturated heterocycles. The van der Waals surface area contributed by atoms with Crippen LogP contribution in [-0.4, -0.2) is 4.98 Å². The Balaban J connectivity index is 2.52. The molecule has 0 atom stereocenters. The smallest absolute Gasteiger partial charge is 0.0703 e. The van der Waals surface area contributed by atoms with Crippen molar-refractivity contribution in [3.63, 3.8) is 0 Å². The van der Waals surface area contributed by atoms with Crippen LogP contribution in [0.1, 0.15) is 16.7 Å². The third-order valence-electron chi connectivity index (χ3n) is 3.01. The van der Waals surface area contributed by atoms with Crippen LogP contribution in [0.4, 0.5) is 5.69 Å². The molecule has 0 fully saturated rings. The van der Waals surface area contributed by atoms with Crippen LogP contribution in [0.25, 0.3) is 11.3 Å². The molecule has 0 aliphatic rings. The highest BCUT2D eigenvalue weighted by Gasteiger charge is 2.03. The van der Waals surface area contributed by atoms with Crippen LogP contribution in [0.15, 0.2) is 30.5 Å². The van der Waals surface area contributed by atoms with E-state index in [0.29, 0.717) is 5.69 Å². The zero-order chi connectivity index (χ0) is 11.7. The van der Waals surface area contributed by atoms with E-state index in [-0.39, 0.29) is 0 Å². The van der Waals surface area contributed by atoms with Gasteiger partial charge in [-0.3, -0.25) is 4.98 Å². The minimum absolute atomic E-state index is 0.698. The largest absolute Gasteiger partial charge is 0.397 e. The molecule has 2 rings (SSSR count). The van der Waals surface area contributed by atoms with Gasteiger partial charge in [0.2, 0.25) is 0 Å². The van der Waals surface area contributed by atoms with Crippen LogP contribution in [0.2, 0.25) is 0 Å². The monoisotopic (exact) mass is 212 g/mol. The van der Waals surface area contributed by atoms with Crippen LogP contribution < -0.4 is 5.73 Å². The van der Waals surface area contributed by atoms with Gasteiger partial charge in [0, 0.05) is 5.56 Å². The van der Waals surface area contributed by atoms with E-state index in [1.54, 1.807) is 6.20 Å². The van der Waals surface area contributed by atoms with Gasteiger partial charge in [0.25, 0.3) is 0 Å². The van der Waals surface area contributed by atoms with E-state index >= 15 is 0 Å². The third kappa shape index (κ3) is 1.91. The van der Waals surface area contributed by atoms with Crippen LogP contribution >= 0.6 is 0 Å². The second kappa shape index (κ2) is 3.97. The van der Waals surface area contributed by atoms with Gasteiger partial charge < -0.3 is 5.73 Å². The average Bonchev–Trinajstić information content (AvgIpc) is 2.26. The highest BCUT2D eigenvalue weighted by molar-refractivity contribution is 5.63. The molecule has 0 saturated carbocycles. The lowest BCUT2D eigenvalue weighted by molar-refractivity contribution is 1.25. The van der Waals surface area contributed by atoms with E-state index in [1.165, 1.54) is 16.7 Å². The van der Waals surface area contributed by atoms with E-state index in [1.807, 2.05) is 12.1 Å². The number of aromatic nitrogens is 1. The van der Waals surface area contributed by atoms with Gasteiger partial charge in [0.05, 0.1) is 17.6 Å². The predicted molar refractivity (Wildman–Crippen MR) is 68.3 cm³/mol. The molecule has 0 bridgehead atoms. The van der Waals surface area contributed by atoms with Gasteiger partial charge in [-0.1, -0.05) is 0 Å². The van der Waals surface area contributed by atoms with Crippen molar-refractivity contribution in [2.75, 3.05) is 5.73 Å².